The van der Waals surface area contributed by atoms with Crippen molar-refractivity contribution < 1.29 is 14.4 Å². The summed E-state index contributed by atoms with van der Waals surface area (Å²) < 4.78 is 0. The smallest absolute Gasteiger partial charge is 0.324 e. The van der Waals surface area contributed by atoms with Gasteiger partial charge in [0.05, 0.1) is 0 Å². The van der Waals surface area contributed by atoms with Crippen LogP contribution in [0.2, 0.25) is 0 Å². The highest BCUT2D eigenvalue weighted by molar-refractivity contribution is 6.10. The molecule has 0 bridgehead atoms. The average molecular weight is 359 g/mol. The van der Waals surface area contributed by atoms with Gasteiger partial charge in [0, 0.05) is 5.69 Å². The van der Waals surface area contributed by atoms with E-state index in [9.17, 15) is 14.4 Å². The van der Waals surface area contributed by atoms with Crippen LogP contribution in [0.5, 0.6) is 0 Å². The Hall–Kier alpha value is -2.37. The van der Waals surface area contributed by atoms with E-state index < -0.39 is 11.6 Å². The number of hydrogen-bond donors (Lipinski definition) is 2. The van der Waals surface area contributed by atoms with Crippen molar-refractivity contribution in [2.45, 2.75) is 59.9 Å². The number of benzene rings is 1. The van der Waals surface area contributed by atoms with Gasteiger partial charge >= 0.3 is 6.03 Å². The normalized spacial score (nSPS) is 19.9. The van der Waals surface area contributed by atoms with Crippen LogP contribution in [0.4, 0.5) is 10.5 Å². The molecular weight excluding hydrogens is 330 g/mol. The topological polar surface area (TPSA) is 78.5 Å². The van der Waals surface area contributed by atoms with E-state index in [0.717, 1.165) is 33.7 Å². The molecule has 1 aromatic rings. The lowest BCUT2D eigenvalue weighted by Gasteiger charge is -2.22. The molecule has 0 spiro atoms. The van der Waals surface area contributed by atoms with E-state index >= 15 is 0 Å². The maximum absolute atomic E-state index is 12.7. The van der Waals surface area contributed by atoms with Crippen LogP contribution in [-0.4, -0.2) is 34.8 Å². The SMILES string of the molecule is Cc1cc(C)c(NC(=O)CN2C(=O)N[C@@](C)(CCC(C)C)C2=O)c(C)c1. The standard InChI is InChI=1S/C20H29N3O3/c1-12(2)7-8-20(6)18(25)23(19(26)22-20)11-16(24)21-17-14(4)9-13(3)10-15(17)5/h9-10,12H,7-8,11H2,1-6H3,(H,21,24)(H,22,26)/t20-/m0/s1. The van der Waals surface area contributed by atoms with Crippen molar-refractivity contribution in [3.05, 3.63) is 28.8 Å². The Morgan fingerprint density at radius 3 is 2.31 bits per heavy atom. The van der Waals surface area contributed by atoms with Gasteiger partial charge in [-0.2, -0.15) is 0 Å². The minimum absolute atomic E-state index is 0.283. The zero-order valence-electron chi connectivity index (χ0n) is 16.5. The second-order valence-corrected chi connectivity index (χ2v) is 7.91. The van der Waals surface area contributed by atoms with Crippen molar-refractivity contribution in [3.63, 3.8) is 0 Å². The lowest BCUT2D eigenvalue weighted by atomic mass is 9.92. The number of anilines is 1. The largest absolute Gasteiger partial charge is 0.325 e. The molecule has 142 valence electrons. The quantitative estimate of drug-likeness (QED) is 0.765. The van der Waals surface area contributed by atoms with Crippen molar-refractivity contribution in [2.75, 3.05) is 11.9 Å². The van der Waals surface area contributed by atoms with Gasteiger partial charge in [-0.05, 0) is 57.6 Å². The van der Waals surface area contributed by atoms with Crippen molar-refractivity contribution in [1.82, 2.24) is 10.2 Å². The molecule has 1 aliphatic rings. The molecular formula is C20H29N3O3. The molecule has 0 aliphatic carbocycles. The van der Waals surface area contributed by atoms with Crippen molar-refractivity contribution >= 4 is 23.5 Å². The van der Waals surface area contributed by atoms with Crippen molar-refractivity contribution in [1.29, 1.82) is 0 Å². The number of carbonyl (C=O) groups excluding carboxylic acids is 3. The summed E-state index contributed by atoms with van der Waals surface area (Å²) in [7, 11) is 0. The molecule has 6 nitrogen and oxygen atoms in total. The predicted octanol–water partition coefficient (Wildman–Crippen LogP) is 3.30. The number of amides is 4. The first-order chi connectivity index (χ1) is 12.0. The molecule has 4 amide bonds. The van der Waals surface area contributed by atoms with E-state index in [1.54, 1.807) is 6.92 Å². The monoisotopic (exact) mass is 359 g/mol. The second-order valence-electron chi connectivity index (χ2n) is 7.91. The van der Waals surface area contributed by atoms with Gasteiger partial charge in [-0.15, -0.1) is 0 Å². The van der Waals surface area contributed by atoms with Crippen LogP contribution in [0.3, 0.4) is 0 Å². The Labute approximate surface area is 155 Å². The van der Waals surface area contributed by atoms with Gasteiger partial charge in [-0.25, -0.2) is 4.79 Å². The molecule has 1 aliphatic heterocycles. The number of nitrogens with one attached hydrogen (secondary N) is 2. The molecule has 1 aromatic carbocycles. The Bertz CT molecular complexity index is 719. The summed E-state index contributed by atoms with van der Waals surface area (Å²) in [4.78, 5) is 38.4. The molecule has 1 heterocycles. The van der Waals surface area contributed by atoms with Gasteiger partial charge in [0.15, 0.2) is 0 Å². The van der Waals surface area contributed by atoms with Gasteiger partial charge in [-0.1, -0.05) is 31.5 Å². The maximum atomic E-state index is 12.7. The molecule has 6 heteroatoms. The fourth-order valence-corrected chi connectivity index (χ4v) is 3.34. The average Bonchev–Trinajstić information content (AvgIpc) is 2.73. The van der Waals surface area contributed by atoms with Crippen LogP contribution in [-0.2, 0) is 9.59 Å². The number of carbonyl (C=O) groups is 3. The van der Waals surface area contributed by atoms with E-state index in [1.807, 2.05) is 32.9 Å². The van der Waals surface area contributed by atoms with Crippen LogP contribution < -0.4 is 10.6 Å². The van der Waals surface area contributed by atoms with Gasteiger partial charge in [0.2, 0.25) is 5.91 Å². The van der Waals surface area contributed by atoms with E-state index in [0.29, 0.717) is 12.3 Å². The first-order valence-corrected chi connectivity index (χ1v) is 9.05. The molecule has 1 fully saturated rings. The summed E-state index contributed by atoms with van der Waals surface area (Å²) >= 11 is 0. The van der Waals surface area contributed by atoms with Crippen LogP contribution >= 0.6 is 0 Å². The number of urea groups is 1. The highest BCUT2D eigenvalue weighted by Gasteiger charge is 2.47. The predicted molar refractivity (Wildman–Crippen MR) is 102 cm³/mol. The third kappa shape index (κ3) is 4.23. The summed E-state index contributed by atoms with van der Waals surface area (Å²) in [6.45, 7) is 11.4. The molecule has 0 radical (unpaired) electrons. The van der Waals surface area contributed by atoms with Crippen molar-refractivity contribution in [3.8, 4) is 0 Å². The summed E-state index contributed by atoms with van der Waals surface area (Å²) in [6, 6.07) is 3.47. The second kappa shape index (κ2) is 7.48. The summed E-state index contributed by atoms with van der Waals surface area (Å²) in [5.74, 6) is -0.284. The van der Waals surface area contributed by atoms with E-state index in [-0.39, 0.29) is 18.4 Å². The number of rotatable bonds is 6. The number of aryl methyl sites for hydroxylation is 3. The molecule has 2 rings (SSSR count). The lowest BCUT2D eigenvalue weighted by molar-refractivity contribution is -0.133. The zero-order valence-corrected chi connectivity index (χ0v) is 16.5. The van der Waals surface area contributed by atoms with Crippen LogP contribution in [0.1, 0.15) is 50.3 Å². The van der Waals surface area contributed by atoms with Gasteiger partial charge in [-0.3, -0.25) is 14.5 Å². The molecule has 26 heavy (non-hydrogen) atoms. The van der Waals surface area contributed by atoms with E-state index in [4.69, 9.17) is 0 Å². The molecule has 1 atom stereocenters. The van der Waals surface area contributed by atoms with Crippen LogP contribution in [0, 0.1) is 26.7 Å². The minimum atomic E-state index is -0.933. The van der Waals surface area contributed by atoms with Crippen molar-refractivity contribution in [2.24, 2.45) is 5.92 Å². The van der Waals surface area contributed by atoms with E-state index in [1.165, 1.54) is 0 Å². The first kappa shape index (κ1) is 19.9. The van der Waals surface area contributed by atoms with Gasteiger partial charge in [0.1, 0.15) is 12.1 Å². The first-order valence-electron chi connectivity index (χ1n) is 9.05. The van der Waals surface area contributed by atoms with Crippen LogP contribution in [0.15, 0.2) is 12.1 Å². The summed E-state index contributed by atoms with van der Waals surface area (Å²) in [5.41, 5.74) is 2.82. The fourth-order valence-electron chi connectivity index (χ4n) is 3.34. The van der Waals surface area contributed by atoms with E-state index in [2.05, 4.69) is 24.5 Å². The highest BCUT2D eigenvalue weighted by atomic mass is 16.2. The maximum Gasteiger partial charge on any atom is 0.325 e. The number of imide groups is 1. The van der Waals surface area contributed by atoms with Crippen LogP contribution in [0.25, 0.3) is 0 Å². The molecule has 1 saturated heterocycles. The third-order valence-electron chi connectivity index (χ3n) is 4.81. The molecule has 0 saturated carbocycles. The highest BCUT2D eigenvalue weighted by Crippen LogP contribution is 2.25. The minimum Gasteiger partial charge on any atom is -0.324 e. The summed E-state index contributed by atoms with van der Waals surface area (Å²) in [5, 5.41) is 5.58. The van der Waals surface area contributed by atoms with Gasteiger partial charge in [0.25, 0.3) is 5.91 Å². The molecule has 0 aromatic heterocycles. The molecule has 0 unspecified atom stereocenters. The fraction of sp³-hybridized carbons (Fsp3) is 0.550. The molecule has 2 N–H and O–H groups in total. The number of nitrogens with zero attached hydrogens (tertiary/aromatic N) is 1. The zero-order chi connectivity index (χ0) is 19.6. The lowest BCUT2D eigenvalue weighted by Crippen LogP contribution is -2.44. The Kier molecular flexibility index (Phi) is 5.74. The Morgan fingerprint density at radius 2 is 1.77 bits per heavy atom. The summed E-state index contributed by atoms with van der Waals surface area (Å²) in [6.07, 6.45) is 1.38. The third-order valence-corrected chi connectivity index (χ3v) is 4.81. The Morgan fingerprint density at radius 1 is 1.19 bits per heavy atom. The number of hydrogen-bond acceptors (Lipinski definition) is 3. The van der Waals surface area contributed by atoms with Gasteiger partial charge < -0.3 is 10.6 Å². The Balaban J connectivity index is 2.07.